The van der Waals surface area contributed by atoms with Gasteiger partial charge in [-0.15, -0.1) is 0 Å². The first-order valence-electron chi connectivity index (χ1n) is 12.7. The van der Waals surface area contributed by atoms with Gasteiger partial charge < -0.3 is 14.4 Å². The summed E-state index contributed by atoms with van der Waals surface area (Å²) in [7, 11) is 1.69. The zero-order chi connectivity index (χ0) is 24.3. The number of methoxy groups -OCH3 is 1. The average Bonchev–Trinajstić information content (AvgIpc) is 2.93. The second-order valence-electron chi connectivity index (χ2n) is 9.80. The molecular formula is C30H34N2O3. The fourth-order valence-corrected chi connectivity index (χ4v) is 5.61. The molecule has 1 amide bonds. The molecule has 182 valence electrons. The second kappa shape index (κ2) is 10.2. The van der Waals surface area contributed by atoms with Crippen molar-refractivity contribution in [2.75, 3.05) is 33.4 Å². The highest BCUT2D eigenvalue weighted by Crippen LogP contribution is 2.39. The maximum Gasteiger partial charge on any atom is 0.233 e. The highest BCUT2D eigenvalue weighted by atomic mass is 16.5. The van der Waals surface area contributed by atoms with Crippen molar-refractivity contribution >= 4 is 5.91 Å². The predicted molar refractivity (Wildman–Crippen MR) is 138 cm³/mol. The van der Waals surface area contributed by atoms with Gasteiger partial charge in [-0.1, -0.05) is 48.0 Å². The Balaban J connectivity index is 1.41. The molecule has 5 rings (SSSR count). The Morgan fingerprint density at radius 2 is 1.80 bits per heavy atom. The molecule has 2 aliphatic heterocycles. The van der Waals surface area contributed by atoms with E-state index in [0.717, 1.165) is 60.5 Å². The van der Waals surface area contributed by atoms with Crippen LogP contribution in [0.1, 0.15) is 48.4 Å². The van der Waals surface area contributed by atoms with E-state index >= 15 is 0 Å². The van der Waals surface area contributed by atoms with Gasteiger partial charge in [-0.3, -0.25) is 9.78 Å². The number of carbonyl (C=O) groups excluding carboxylic acids is 1. The quantitative estimate of drug-likeness (QED) is 0.493. The van der Waals surface area contributed by atoms with Crippen LogP contribution in [-0.4, -0.2) is 49.2 Å². The Kier molecular flexibility index (Phi) is 6.87. The van der Waals surface area contributed by atoms with Crippen molar-refractivity contribution in [2.24, 2.45) is 0 Å². The second-order valence-corrected chi connectivity index (χ2v) is 9.80. The number of para-hydroxylation sites is 1. The van der Waals surface area contributed by atoms with Crippen LogP contribution in [0.3, 0.4) is 0 Å². The lowest BCUT2D eigenvalue weighted by atomic mass is 9.72. The Morgan fingerprint density at radius 1 is 1.03 bits per heavy atom. The lowest BCUT2D eigenvalue weighted by Gasteiger charge is -2.42. The minimum Gasteiger partial charge on any atom is -0.496 e. The van der Waals surface area contributed by atoms with Gasteiger partial charge in [0, 0.05) is 43.5 Å². The van der Waals surface area contributed by atoms with Gasteiger partial charge in [0.25, 0.3) is 0 Å². The summed E-state index contributed by atoms with van der Waals surface area (Å²) in [6, 6.07) is 22.7. The smallest absolute Gasteiger partial charge is 0.233 e. The number of nitrogens with zero attached hydrogens (tertiary/aromatic N) is 2. The van der Waals surface area contributed by atoms with E-state index in [0.29, 0.717) is 19.8 Å². The van der Waals surface area contributed by atoms with E-state index < -0.39 is 5.41 Å². The molecule has 2 saturated heterocycles. The molecule has 1 atom stereocenters. The van der Waals surface area contributed by atoms with Crippen LogP contribution in [0.15, 0.2) is 66.7 Å². The van der Waals surface area contributed by atoms with Crippen molar-refractivity contribution in [1.82, 2.24) is 9.88 Å². The number of amides is 1. The fourth-order valence-electron chi connectivity index (χ4n) is 5.61. The predicted octanol–water partition coefficient (Wildman–Crippen LogP) is 5.52. The van der Waals surface area contributed by atoms with Crippen LogP contribution in [0.5, 0.6) is 5.75 Å². The van der Waals surface area contributed by atoms with Crippen LogP contribution in [0.2, 0.25) is 0 Å². The van der Waals surface area contributed by atoms with Gasteiger partial charge in [0.2, 0.25) is 5.91 Å². The first kappa shape index (κ1) is 23.6. The molecular weight excluding hydrogens is 436 g/mol. The molecule has 0 saturated carbocycles. The molecule has 1 aromatic heterocycles. The normalized spacial score (nSPS) is 19.8. The van der Waals surface area contributed by atoms with Gasteiger partial charge in [-0.25, -0.2) is 0 Å². The van der Waals surface area contributed by atoms with Crippen LogP contribution in [-0.2, 0) is 14.9 Å². The third-order valence-corrected chi connectivity index (χ3v) is 7.64. The van der Waals surface area contributed by atoms with E-state index in [4.69, 9.17) is 14.5 Å². The number of hydrogen-bond donors (Lipinski definition) is 0. The molecule has 5 nitrogen and oxygen atoms in total. The van der Waals surface area contributed by atoms with Crippen molar-refractivity contribution in [2.45, 2.75) is 43.9 Å². The lowest BCUT2D eigenvalue weighted by molar-refractivity contribution is -0.142. The van der Waals surface area contributed by atoms with Crippen molar-refractivity contribution in [3.05, 3.63) is 83.6 Å². The third kappa shape index (κ3) is 4.70. The first-order valence-corrected chi connectivity index (χ1v) is 12.7. The largest absolute Gasteiger partial charge is 0.496 e. The van der Waals surface area contributed by atoms with Crippen LogP contribution in [0.4, 0.5) is 0 Å². The lowest BCUT2D eigenvalue weighted by Crippen LogP contribution is -2.52. The van der Waals surface area contributed by atoms with E-state index in [9.17, 15) is 4.79 Å². The van der Waals surface area contributed by atoms with E-state index in [1.807, 2.05) is 30.3 Å². The van der Waals surface area contributed by atoms with Gasteiger partial charge in [-0.2, -0.15) is 0 Å². The average molecular weight is 471 g/mol. The molecule has 0 aliphatic carbocycles. The van der Waals surface area contributed by atoms with Crippen LogP contribution < -0.4 is 4.74 Å². The van der Waals surface area contributed by atoms with Gasteiger partial charge in [0.1, 0.15) is 5.75 Å². The maximum atomic E-state index is 14.1. The summed E-state index contributed by atoms with van der Waals surface area (Å²) in [4.78, 5) is 21.3. The highest BCUT2D eigenvalue weighted by Gasteiger charge is 2.45. The first-order chi connectivity index (χ1) is 17.1. The molecule has 3 aromatic rings. The summed E-state index contributed by atoms with van der Waals surface area (Å²) in [6.45, 7) is 4.84. The Labute approximate surface area is 208 Å². The highest BCUT2D eigenvalue weighted by molar-refractivity contribution is 5.88. The van der Waals surface area contributed by atoms with E-state index in [2.05, 4.69) is 48.2 Å². The van der Waals surface area contributed by atoms with Gasteiger partial charge in [-0.05, 0) is 62.4 Å². The van der Waals surface area contributed by atoms with Gasteiger partial charge >= 0.3 is 0 Å². The zero-order valence-corrected chi connectivity index (χ0v) is 20.7. The molecule has 5 heteroatoms. The number of aromatic nitrogens is 1. The molecule has 35 heavy (non-hydrogen) atoms. The molecule has 2 aliphatic rings. The zero-order valence-electron chi connectivity index (χ0n) is 20.7. The summed E-state index contributed by atoms with van der Waals surface area (Å²) >= 11 is 0. The number of pyridine rings is 1. The number of piperidine rings is 1. The monoisotopic (exact) mass is 470 g/mol. The Hall–Kier alpha value is -3.18. The summed E-state index contributed by atoms with van der Waals surface area (Å²) in [6.07, 6.45) is 3.49. The molecule has 0 radical (unpaired) electrons. The Bertz CT molecular complexity index is 1170. The number of hydrogen-bond acceptors (Lipinski definition) is 4. The summed E-state index contributed by atoms with van der Waals surface area (Å²) in [5.74, 6) is 1.28. The van der Waals surface area contributed by atoms with E-state index in [-0.39, 0.29) is 11.8 Å². The maximum absolute atomic E-state index is 14.1. The number of aryl methyl sites for hydroxylation is 1. The molecule has 0 N–H and O–H groups in total. The summed E-state index contributed by atoms with van der Waals surface area (Å²) < 4.78 is 11.2. The van der Waals surface area contributed by atoms with Crippen LogP contribution in [0.25, 0.3) is 11.3 Å². The van der Waals surface area contributed by atoms with Crippen molar-refractivity contribution in [3.8, 4) is 17.0 Å². The molecule has 0 spiro atoms. The Morgan fingerprint density at radius 3 is 2.57 bits per heavy atom. The fraction of sp³-hybridized carbons (Fsp3) is 0.400. The van der Waals surface area contributed by atoms with Crippen molar-refractivity contribution < 1.29 is 14.3 Å². The van der Waals surface area contributed by atoms with Gasteiger partial charge in [0.05, 0.1) is 18.2 Å². The van der Waals surface area contributed by atoms with Gasteiger partial charge in [0.15, 0.2) is 0 Å². The number of benzene rings is 2. The van der Waals surface area contributed by atoms with Crippen LogP contribution in [0, 0.1) is 6.92 Å². The molecule has 0 bridgehead atoms. The van der Waals surface area contributed by atoms with E-state index in [1.54, 1.807) is 7.11 Å². The summed E-state index contributed by atoms with van der Waals surface area (Å²) in [5.41, 5.74) is 4.77. The molecule has 1 unspecified atom stereocenters. The molecule has 2 aromatic carbocycles. The van der Waals surface area contributed by atoms with Crippen molar-refractivity contribution in [1.29, 1.82) is 0 Å². The standard InChI is InChI=1S/C30H34N2O3/c1-22-12-14-24(15-13-22)30(16-19-35-20-17-30)29(33)32-18-6-7-23(21-32)26-9-5-10-27(31-26)25-8-3-4-11-28(25)34-2/h3-5,8-15,23H,6-7,16-21H2,1-2H3. The minimum atomic E-state index is -0.499. The number of likely N-dealkylation sites (tertiary alicyclic amines) is 1. The molecule has 2 fully saturated rings. The minimum absolute atomic E-state index is 0.220. The summed E-state index contributed by atoms with van der Waals surface area (Å²) in [5, 5.41) is 0. The number of ether oxygens (including phenoxy) is 2. The van der Waals surface area contributed by atoms with Crippen LogP contribution >= 0.6 is 0 Å². The van der Waals surface area contributed by atoms with Crippen molar-refractivity contribution in [3.63, 3.8) is 0 Å². The number of carbonyl (C=O) groups is 1. The SMILES string of the molecule is COc1ccccc1-c1cccc(C2CCCN(C(=O)C3(c4ccc(C)cc4)CCOCC3)C2)n1. The van der Waals surface area contributed by atoms with E-state index in [1.165, 1.54) is 5.56 Å². The molecule has 3 heterocycles. The topological polar surface area (TPSA) is 51.7 Å². The number of rotatable bonds is 5. The third-order valence-electron chi connectivity index (χ3n) is 7.64.